The lowest BCUT2D eigenvalue weighted by Crippen LogP contribution is -2.23. The molecular weight excluding hydrogens is 400 g/mol. The van der Waals surface area contributed by atoms with Gasteiger partial charge < -0.3 is 9.64 Å². The summed E-state index contributed by atoms with van der Waals surface area (Å²) in [5, 5.41) is 4.20. The van der Waals surface area contributed by atoms with Crippen molar-refractivity contribution in [2.24, 2.45) is 0 Å². The molecule has 0 N–H and O–H groups in total. The number of carbonyl (C=O) groups is 1. The number of ether oxygens (including phenoxy) is 1. The highest BCUT2D eigenvalue weighted by Gasteiger charge is 2.31. The van der Waals surface area contributed by atoms with E-state index in [9.17, 15) is 13.6 Å². The van der Waals surface area contributed by atoms with Gasteiger partial charge in [-0.1, -0.05) is 30.3 Å². The minimum atomic E-state index is -0.822. The van der Waals surface area contributed by atoms with Crippen LogP contribution >= 0.6 is 0 Å². The first-order valence-corrected chi connectivity index (χ1v) is 9.72. The maximum Gasteiger partial charge on any atom is 0.258 e. The van der Waals surface area contributed by atoms with Crippen molar-refractivity contribution in [3.05, 3.63) is 107 Å². The largest absolute Gasteiger partial charge is 0.450 e. The highest BCUT2D eigenvalue weighted by atomic mass is 19.1. The first-order chi connectivity index (χ1) is 15.1. The predicted octanol–water partition coefficient (Wildman–Crippen LogP) is 5.10. The van der Waals surface area contributed by atoms with Gasteiger partial charge in [-0.25, -0.2) is 13.5 Å². The number of aromatic nitrogens is 2. The number of benzene rings is 3. The fourth-order valence-electron chi connectivity index (χ4n) is 3.69. The Kier molecular flexibility index (Phi) is 4.71. The van der Waals surface area contributed by atoms with Crippen molar-refractivity contribution in [3.63, 3.8) is 0 Å². The Morgan fingerprint density at radius 2 is 1.68 bits per heavy atom. The maximum atomic E-state index is 14.0. The van der Waals surface area contributed by atoms with Crippen LogP contribution in [0.15, 0.2) is 79.1 Å². The summed E-state index contributed by atoms with van der Waals surface area (Å²) >= 11 is 0. The van der Waals surface area contributed by atoms with Crippen LogP contribution in [0, 0.1) is 11.6 Å². The molecule has 4 aromatic rings. The topological polar surface area (TPSA) is 47.4 Å². The molecule has 1 aromatic heterocycles. The van der Waals surface area contributed by atoms with E-state index in [1.807, 2.05) is 42.6 Å². The van der Waals surface area contributed by atoms with Gasteiger partial charge in [-0.3, -0.25) is 4.79 Å². The van der Waals surface area contributed by atoms with E-state index in [0.717, 1.165) is 28.9 Å². The molecule has 0 atom stereocenters. The fraction of sp³-hybridized carbons (Fsp3) is 0.0833. The zero-order chi connectivity index (χ0) is 21.4. The number of halogens is 2. The van der Waals surface area contributed by atoms with Crippen molar-refractivity contribution in [1.82, 2.24) is 14.7 Å². The van der Waals surface area contributed by atoms with Gasteiger partial charge in [0.2, 0.25) is 0 Å². The van der Waals surface area contributed by atoms with Gasteiger partial charge in [-0.05, 0) is 47.5 Å². The van der Waals surface area contributed by atoms with Crippen LogP contribution in [0.2, 0.25) is 0 Å². The molecule has 0 bridgehead atoms. The Balaban J connectivity index is 1.37. The minimum Gasteiger partial charge on any atom is -0.450 e. The molecule has 0 unspecified atom stereocenters. The van der Waals surface area contributed by atoms with Gasteiger partial charge in [-0.2, -0.15) is 5.10 Å². The molecule has 3 aromatic carbocycles. The summed E-state index contributed by atoms with van der Waals surface area (Å²) in [6, 6.07) is 18.2. The third-order valence-electron chi connectivity index (χ3n) is 5.18. The standard InChI is InChI=1S/C24H17F2N3O2/c25-19-5-2-6-20(26)23(19)31-21-7-1-4-17-15-28(24(30)22(17)21)14-16-8-10-18(11-9-16)29-13-3-12-27-29/h1-13H,14-15H2. The van der Waals surface area contributed by atoms with Crippen LogP contribution in [0.3, 0.4) is 0 Å². The smallest absolute Gasteiger partial charge is 0.258 e. The number of hydrogen-bond donors (Lipinski definition) is 0. The summed E-state index contributed by atoms with van der Waals surface area (Å²) in [5.41, 5.74) is 2.97. The normalized spacial score (nSPS) is 12.8. The third kappa shape index (κ3) is 3.54. The molecule has 7 heteroatoms. The molecule has 0 saturated carbocycles. The van der Waals surface area contributed by atoms with E-state index in [-0.39, 0.29) is 11.7 Å². The van der Waals surface area contributed by atoms with Gasteiger partial charge in [0.1, 0.15) is 5.75 Å². The van der Waals surface area contributed by atoms with Gasteiger partial charge in [0.15, 0.2) is 17.4 Å². The van der Waals surface area contributed by atoms with Crippen LogP contribution in [0.1, 0.15) is 21.5 Å². The molecule has 1 amide bonds. The lowest BCUT2D eigenvalue weighted by atomic mass is 10.1. The van der Waals surface area contributed by atoms with Crippen molar-refractivity contribution in [1.29, 1.82) is 0 Å². The Bertz CT molecular complexity index is 1230. The molecule has 0 saturated heterocycles. The first kappa shape index (κ1) is 19.0. The average molecular weight is 417 g/mol. The molecular formula is C24H17F2N3O2. The molecule has 1 aliphatic rings. The van der Waals surface area contributed by atoms with Crippen molar-refractivity contribution < 1.29 is 18.3 Å². The number of fused-ring (bicyclic) bond motifs is 1. The Morgan fingerprint density at radius 1 is 0.935 bits per heavy atom. The van der Waals surface area contributed by atoms with Crippen LogP contribution in [0.5, 0.6) is 11.5 Å². The van der Waals surface area contributed by atoms with E-state index in [2.05, 4.69) is 5.10 Å². The SMILES string of the molecule is O=C1c2c(cccc2Oc2c(F)cccc2F)CN1Cc1ccc(-n2cccn2)cc1. The van der Waals surface area contributed by atoms with E-state index >= 15 is 0 Å². The van der Waals surface area contributed by atoms with Crippen LogP contribution in [0.4, 0.5) is 8.78 Å². The summed E-state index contributed by atoms with van der Waals surface area (Å²) in [7, 11) is 0. The predicted molar refractivity (Wildman–Crippen MR) is 110 cm³/mol. The molecule has 2 heterocycles. The van der Waals surface area contributed by atoms with Crippen molar-refractivity contribution >= 4 is 5.91 Å². The molecule has 154 valence electrons. The second-order valence-corrected chi connectivity index (χ2v) is 7.22. The summed E-state index contributed by atoms with van der Waals surface area (Å²) in [4.78, 5) is 14.8. The number of para-hydroxylation sites is 1. The number of rotatable bonds is 5. The van der Waals surface area contributed by atoms with E-state index < -0.39 is 17.4 Å². The van der Waals surface area contributed by atoms with Gasteiger partial charge >= 0.3 is 0 Å². The molecule has 0 radical (unpaired) electrons. The molecule has 1 aliphatic heterocycles. The summed E-state index contributed by atoms with van der Waals surface area (Å²) in [6.45, 7) is 0.798. The van der Waals surface area contributed by atoms with Crippen molar-refractivity contribution in [2.45, 2.75) is 13.1 Å². The zero-order valence-corrected chi connectivity index (χ0v) is 16.3. The average Bonchev–Trinajstić information content (AvgIpc) is 3.41. The van der Waals surface area contributed by atoms with E-state index in [1.54, 1.807) is 27.9 Å². The molecule has 5 nitrogen and oxygen atoms in total. The highest BCUT2D eigenvalue weighted by Crippen LogP contribution is 2.36. The summed E-state index contributed by atoms with van der Waals surface area (Å²) < 4.78 is 35.3. The van der Waals surface area contributed by atoms with Gasteiger partial charge in [0.05, 0.1) is 11.3 Å². The lowest BCUT2D eigenvalue weighted by molar-refractivity contribution is 0.0764. The molecule has 5 rings (SSSR count). The molecule has 31 heavy (non-hydrogen) atoms. The Hall–Kier alpha value is -4.00. The number of nitrogens with zero attached hydrogens (tertiary/aromatic N) is 3. The fourth-order valence-corrected chi connectivity index (χ4v) is 3.69. The monoisotopic (exact) mass is 417 g/mol. The second-order valence-electron chi connectivity index (χ2n) is 7.22. The molecule has 0 aliphatic carbocycles. The number of hydrogen-bond acceptors (Lipinski definition) is 3. The molecule has 0 fully saturated rings. The molecule has 0 spiro atoms. The van der Waals surface area contributed by atoms with E-state index in [4.69, 9.17) is 4.74 Å². The van der Waals surface area contributed by atoms with E-state index in [1.165, 1.54) is 6.07 Å². The van der Waals surface area contributed by atoms with Crippen LogP contribution in [-0.2, 0) is 13.1 Å². The van der Waals surface area contributed by atoms with Crippen LogP contribution < -0.4 is 4.74 Å². The van der Waals surface area contributed by atoms with E-state index in [0.29, 0.717) is 18.7 Å². The van der Waals surface area contributed by atoms with Crippen molar-refractivity contribution in [2.75, 3.05) is 0 Å². The number of amides is 1. The van der Waals surface area contributed by atoms with Gasteiger partial charge in [0.25, 0.3) is 5.91 Å². The van der Waals surface area contributed by atoms with Gasteiger partial charge in [-0.15, -0.1) is 0 Å². The Labute approximate surface area is 177 Å². The first-order valence-electron chi connectivity index (χ1n) is 9.72. The second kappa shape index (κ2) is 7.68. The maximum absolute atomic E-state index is 14.0. The van der Waals surface area contributed by atoms with Gasteiger partial charge in [0, 0.05) is 25.5 Å². The van der Waals surface area contributed by atoms with Crippen LogP contribution in [0.25, 0.3) is 5.69 Å². The summed E-state index contributed by atoms with van der Waals surface area (Å²) in [5.74, 6) is -2.26. The van der Waals surface area contributed by atoms with Crippen molar-refractivity contribution in [3.8, 4) is 17.2 Å². The highest BCUT2D eigenvalue weighted by molar-refractivity contribution is 6.01. The van der Waals surface area contributed by atoms with Crippen LogP contribution in [-0.4, -0.2) is 20.6 Å². The number of carbonyl (C=O) groups excluding carboxylic acids is 1. The quantitative estimate of drug-likeness (QED) is 0.454. The zero-order valence-electron chi connectivity index (χ0n) is 16.3. The minimum absolute atomic E-state index is 0.142. The third-order valence-corrected chi connectivity index (χ3v) is 5.18. The Morgan fingerprint density at radius 3 is 2.39 bits per heavy atom. The lowest BCUT2D eigenvalue weighted by Gasteiger charge is -2.16. The summed E-state index contributed by atoms with van der Waals surface area (Å²) in [6.07, 6.45) is 3.57.